The van der Waals surface area contributed by atoms with Crippen LogP contribution in [0.4, 0.5) is 5.69 Å². The van der Waals surface area contributed by atoms with Crippen LogP contribution >= 0.6 is 0 Å². The Morgan fingerprint density at radius 3 is 2.95 bits per heavy atom. The maximum atomic E-state index is 5.56. The Morgan fingerprint density at radius 2 is 2.14 bits per heavy atom. The summed E-state index contributed by atoms with van der Waals surface area (Å²) in [6.07, 6.45) is 4.98. The summed E-state index contributed by atoms with van der Waals surface area (Å²) in [4.78, 5) is 0. The van der Waals surface area contributed by atoms with Crippen molar-refractivity contribution < 1.29 is 4.74 Å². The molecule has 1 unspecified atom stereocenters. The zero-order valence-corrected chi connectivity index (χ0v) is 13.7. The minimum absolute atomic E-state index is 0.339. The lowest BCUT2D eigenvalue weighted by molar-refractivity contribution is 0.0768. The fourth-order valence-electron chi connectivity index (χ4n) is 2.82. The van der Waals surface area contributed by atoms with Gasteiger partial charge in [-0.05, 0) is 70.2 Å². The van der Waals surface area contributed by atoms with Crippen molar-refractivity contribution in [3.63, 3.8) is 0 Å². The van der Waals surface area contributed by atoms with Gasteiger partial charge >= 0.3 is 0 Å². The van der Waals surface area contributed by atoms with Gasteiger partial charge in [0.05, 0.1) is 6.10 Å². The predicted octanol–water partition coefficient (Wildman–Crippen LogP) is 3.38. The van der Waals surface area contributed by atoms with E-state index in [9.17, 15) is 0 Å². The van der Waals surface area contributed by atoms with E-state index in [-0.39, 0.29) is 0 Å². The highest BCUT2D eigenvalue weighted by Crippen LogP contribution is 2.23. The molecule has 0 radical (unpaired) electrons. The first-order valence-corrected chi connectivity index (χ1v) is 8.36. The quantitative estimate of drug-likeness (QED) is 0.720. The Bertz CT molecular complexity index is 431. The van der Waals surface area contributed by atoms with Crippen molar-refractivity contribution in [2.24, 2.45) is 0 Å². The second-order valence-electron chi connectivity index (χ2n) is 6.35. The summed E-state index contributed by atoms with van der Waals surface area (Å²) in [5.74, 6) is 0. The van der Waals surface area contributed by atoms with Gasteiger partial charge in [0, 0.05) is 24.9 Å². The normalized spacial score (nSPS) is 15.6. The van der Waals surface area contributed by atoms with Gasteiger partial charge in [-0.25, -0.2) is 0 Å². The van der Waals surface area contributed by atoms with E-state index in [1.807, 2.05) is 0 Å². The molecule has 21 heavy (non-hydrogen) atoms. The molecular formula is C18H30N2O. The lowest BCUT2D eigenvalue weighted by Crippen LogP contribution is -2.29. The number of hydrogen-bond acceptors (Lipinski definition) is 3. The van der Waals surface area contributed by atoms with E-state index in [4.69, 9.17) is 4.74 Å². The third-order valence-electron chi connectivity index (χ3n) is 3.91. The molecule has 3 heteroatoms. The summed E-state index contributed by atoms with van der Waals surface area (Å²) in [5.41, 5.74) is 4.25. The van der Waals surface area contributed by atoms with Crippen molar-refractivity contribution in [2.45, 2.75) is 58.6 Å². The molecule has 1 aromatic rings. The van der Waals surface area contributed by atoms with Crippen LogP contribution in [-0.4, -0.2) is 31.8 Å². The smallest absolute Gasteiger partial charge is 0.0518 e. The zero-order valence-electron chi connectivity index (χ0n) is 13.7. The molecule has 118 valence electrons. The van der Waals surface area contributed by atoms with Gasteiger partial charge in [0.15, 0.2) is 0 Å². The molecule has 0 aromatic heterocycles. The molecule has 1 atom stereocenters. The number of benzene rings is 1. The van der Waals surface area contributed by atoms with E-state index in [1.54, 1.807) is 0 Å². The van der Waals surface area contributed by atoms with Crippen molar-refractivity contribution in [3.05, 3.63) is 29.3 Å². The Kier molecular flexibility index (Phi) is 6.52. The van der Waals surface area contributed by atoms with E-state index in [0.29, 0.717) is 12.1 Å². The van der Waals surface area contributed by atoms with Crippen LogP contribution in [-0.2, 0) is 17.6 Å². The van der Waals surface area contributed by atoms with Gasteiger partial charge in [0.25, 0.3) is 0 Å². The highest BCUT2D eigenvalue weighted by atomic mass is 16.5. The van der Waals surface area contributed by atoms with Gasteiger partial charge in [0.2, 0.25) is 0 Å². The minimum atomic E-state index is 0.339. The van der Waals surface area contributed by atoms with Crippen molar-refractivity contribution in [2.75, 3.05) is 25.0 Å². The van der Waals surface area contributed by atoms with Gasteiger partial charge in [-0.1, -0.05) is 12.1 Å². The molecular weight excluding hydrogens is 260 g/mol. The van der Waals surface area contributed by atoms with E-state index < -0.39 is 0 Å². The van der Waals surface area contributed by atoms with Crippen LogP contribution < -0.4 is 10.6 Å². The number of nitrogens with one attached hydrogen (secondary N) is 2. The van der Waals surface area contributed by atoms with E-state index in [2.05, 4.69) is 49.6 Å². The molecule has 1 aliphatic rings. The highest BCUT2D eigenvalue weighted by molar-refractivity contribution is 5.54. The molecule has 0 bridgehead atoms. The third-order valence-corrected chi connectivity index (χ3v) is 3.91. The monoisotopic (exact) mass is 290 g/mol. The van der Waals surface area contributed by atoms with Gasteiger partial charge in [0.1, 0.15) is 0 Å². The van der Waals surface area contributed by atoms with Gasteiger partial charge in [-0.15, -0.1) is 0 Å². The zero-order chi connectivity index (χ0) is 15.1. The standard InChI is InChI=1S/C18H30N2O/c1-14(2)21-11-5-10-19-15(3)12-16-7-8-18-17(13-16)6-4-9-20-18/h7-8,13-15,19-20H,4-6,9-12H2,1-3H3. The summed E-state index contributed by atoms with van der Waals surface area (Å²) in [5, 5.41) is 7.06. The average molecular weight is 290 g/mol. The lowest BCUT2D eigenvalue weighted by Gasteiger charge is -2.20. The minimum Gasteiger partial charge on any atom is -0.385 e. The Hall–Kier alpha value is -1.06. The van der Waals surface area contributed by atoms with Crippen LogP contribution in [0.25, 0.3) is 0 Å². The Labute approximate surface area is 129 Å². The number of rotatable bonds is 8. The number of aryl methyl sites for hydroxylation is 1. The molecule has 1 heterocycles. The van der Waals surface area contributed by atoms with Crippen molar-refractivity contribution >= 4 is 5.69 Å². The molecule has 1 aliphatic heterocycles. The fourth-order valence-corrected chi connectivity index (χ4v) is 2.82. The molecule has 0 aliphatic carbocycles. The molecule has 3 nitrogen and oxygen atoms in total. The maximum absolute atomic E-state index is 5.56. The largest absolute Gasteiger partial charge is 0.385 e. The highest BCUT2D eigenvalue weighted by Gasteiger charge is 2.10. The maximum Gasteiger partial charge on any atom is 0.0518 e. The molecule has 0 saturated carbocycles. The van der Waals surface area contributed by atoms with E-state index in [0.717, 1.165) is 32.5 Å². The van der Waals surface area contributed by atoms with Crippen molar-refractivity contribution in [3.8, 4) is 0 Å². The summed E-state index contributed by atoms with van der Waals surface area (Å²) in [6, 6.07) is 7.39. The van der Waals surface area contributed by atoms with Gasteiger partial charge in [-0.3, -0.25) is 0 Å². The molecule has 1 aromatic carbocycles. The number of fused-ring (bicyclic) bond motifs is 1. The lowest BCUT2D eigenvalue weighted by atomic mass is 9.98. The average Bonchev–Trinajstić information content (AvgIpc) is 2.46. The molecule has 0 amide bonds. The van der Waals surface area contributed by atoms with Crippen molar-refractivity contribution in [1.29, 1.82) is 0 Å². The van der Waals surface area contributed by atoms with Crippen LogP contribution in [0.2, 0.25) is 0 Å². The third kappa shape index (κ3) is 5.68. The second-order valence-corrected chi connectivity index (χ2v) is 6.35. The van der Waals surface area contributed by atoms with Crippen LogP contribution in [0.1, 0.15) is 44.7 Å². The van der Waals surface area contributed by atoms with Crippen LogP contribution in [0.5, 0.6) is 0 Å². The van der Waals surface area contributed by atoms with Gasteiger partial charge < -0.3 is 15.4 Å². The van der Waals surface area contributed by atoms with Gasteiger partial charge in [-0.2, -0.15) is 0 Å². The molecule has 0 spiro atoms. The molecule has 0 fully saturated rings. The van der Waals surface area contributed by atoms with Crippen molar-refractivity contribution in [1.82, 2.24) is 5.32 Å². The Balaban J connectivity index is 1.71. The molecule has 2 rings (SSSR count). The van der Waals surface area contributed by atoms with Crippen LogP contribution in [0.15, 0.2) is 18.2 Å². The topological polar surface area (TPSA) is 33.3 Å². The first-order chi connectivity index (χ1) is 10.1. The number of anilines is 1. The first kappa shape index (κ1) is 16.3. The summed E-state index contributed by atoms with van der Waals surface area (Å²) in [7, 11) is 0. The Morgan fingerprint density at radius 1 is 1.29 bits per heavy atom. The molecule has 2 N–H and O–H groups in total. The number of hydrogen-bond donors (Lipinski definition) is 2. The van der Waals surface area contributed by atoms with Crippen LogP contribution in [0.3, 0.4) is 0 Å². The summed E-state index contributed by atoms with van der Waals surface area (Å²) < 4.78 is 5.56. The van der Waals surface area contributed by atoms with E-state index >= 15 is 0 Å². The number of ether oxygens (including phenoxy) is 1. The fraction of sp³-hybridized carbons (Fsp3) is 0.667. The summed E-state index contributed by atoms with van der Waals surface area (Å²) in [6.45, 7) is 9.42. The van der Waals surface area contributed by atoms with Crippen LogP contribution in [0, 0.1) is 0 Å². The second kappa shape index (κ2) is 8.40. The van der Waals surface area contributed by atoms with E-state index in [1.165, 1.54) is 29.7 Å². The first-order valence-electron chi connectivity index (χ1n) is 8.36. The molecule has 0 saturated heterocycles. The SMILES string of the molecule is CC(Cc1ccc2c(c1)CCCN2)NCCCOC(C)C. The summed E-state index contributed by atoms with van der Waals surface area (Å²) >= 11 is 0. The predicted molar refractivity (Wildman–Crippen MR) is 90.1 cm³/mol.